The van der Waals surface area contributed by atoms with Crippen LogP contribution in [0.5, 0.6) is 0 Å². The van der Waals surface area contributed by atoms with Crippen LogP contribution >= 0.6 is 0 Å². The highest BCUT2D eigenvalue weighted by atomic mass is 19.4. The number of alkyl halides is 3. The lowest BCUT2D eigenvalue weighted by Gasteiger charge is -2.06. The van der Waals surface area contributed by atoms with E-state index in [9.17, 15) is 18.0 Å². The Kier molecular flexibility index (Phi) is 2.82. The average molecular weight is 295 g/mol. The van der Waals surface area contributed by atoms with Crippen molar-refractivity contribution in [1.82, 2.24) is 15.0 Å². The number of aromatic amines is 1. The summed E-state index contributed by atoms with van der Waals surface area (Å²) in [5.74, 6) is 0.916. The second-order valence-electron chi connectivity index (χ2n) is 4.42. The highest BCUT2D eigenvalue weighted by molar-refractivity contribution is 5.79. The largest absolute Gasteiger partial charge is 0.441 e. The molecule has 0 aliphatic carbocycles. The van der Waals surface area contributed by atoms with Gasteiger partial charge in [-0.25, -0.2) is 9.97 Å². The van der Waals surface area contributed by atoms with E-state index in [0.29, 0.717) is 17.2 Å². The molecule has 1 N–H and O–H groups in total. The van der Waals surface area contributed by atoms with Gasteiger partial charge in [-0.3, -0.25) is 4.79 Å². The van der Waals surface area contributed by atoms with E-state index in [2.05, 4.69) is 15.0 Å². The summed E-state index contributed by atoms with van der Waals surface area (Å²) in [6, 6.07) is 4.36. The Hall–Kier alpha value is -2.64. The van der Waals surface area contributed by atoms with E-state index >= 15 is 0 Å². The van der Waals surface area contributed by atoms with Crippen molar-refractivity contribution in [2.45, 2.75) is 13.1 Å². The molecule has 2 aromatic heterocycles. The lowest BCUT2D eigenvalue weighted by molar-refractivity contribution is -0.142. The van der Waals surface area contributed by atoms with E-state index in [1.54, 1.807) is 6.92 Å². The van der Waals surface area contributed by atoms with Crippen LogP contribution in [0.2, 0.25) is 0 Å². The quantitative estimate of drug-likeness (QED) is 0.749. The Morgan fingerprint density at radius 3 is 2.67 bits per heavy atom. The first-order valence-corrected chi connectivity index (χ1v) is 5.89. The third-order valence-corrected chi connectivity index (χ3v) is 2.83. The number of halogens is 3. The normalized spacial score (nSPS) is 12.0. The first kappa shape index (κ1) is 13.3. The molecule has 0 amide bonds. The third-order valence-electron chi connectivity index (χ3n) is 2.83. The van der Waals surface area contributed by atoms with Gasteiger partial charge in [0.15, 0.2) is 0 Å². The number of nitrogens with zero attached hydrogens (tertiary/aromatic N) is 2. The van der Waals surface area contributed by atoms with Gasteiger partial charge in [0.05, 0.1) is 17.2 Å². The molecule has 2 heterocycles. The number of nitrogens with one attached hydrogen (secondary N) is 1. The molecule has 8 heteroatoms. The Morgan fingerprint density at radius 1 is 1.29 bits per heavy atom. The zero-order valence-electron chi connectivity index (χ0n) is 10.7. The standard InChI is InChI=1S/C13H8F3N3O2/c1-6-5-17-12(21-6)7-2-3-8-9(4-7)19-11(20)10(18-8)13(14,15)16/h2-5H,1H3,(H,19,20). The first-order chi connectivity index (χ1) is 9.84. The monoisotopic (exact) mass is 295 g/mol. The summed E-state index contributed by atoms with van der Waals surface area (Å²) in [6.07, 6.45) is -3.27. The van der Waals surface area contributed by atoms with Gasteiger partial charge < -0.3 is 9.40 Å². The molecule has 0 bridgehead atoms. The van der Waals surface area contributed by atoms with Gasteiger partial charge in [-0.2, -0.15) is 13.2 Å². The summed E-state index contributed by atoms with van der Waals surface area (Å²) in [5.41, 5.74) is -1.99. The van der Waals surface area contributed by atoms with Crippen molar-refractivity contribution in [3.8, 4) is 11.5 Å². The van der Waals surface area contributed by atoms with Gasteiger partial charge in [0.2, 0.25) is 11.6 Å². The van der Waals surface area contributed by atoms with Crippen molar-refractivity contribution in [3.05, 3.63) is 46.2 Å². The number of benzene rings is 1. The van der Waals surface area contributed by atoms with Gasteiger partial charge >= 0.3 is 6.18 Å². The zero-order chi connectivity index (χ0) is 15.2. The molecule has 0 saturated carbocycles. The SMILES string of the molecule is Cc1cnc(-c2ccc3nc(C(F)(F)F)c(=O)[nH]c3c2)o1. The Balaban J connectivity index is 2.18. The second kappa shape index (κ2) is 4.44. The fraction of sp³-hybridized carbons (Fsp3) is 0.154. The van der Waals surface area contributed by atoms with Crippen LogP contribution in [0.3, 0.4) is 0 Å². The number of hydrogen-bond acceptors (Lipinski definition) is 4. The number of aromatic nitrogens is 3. The van der Waals surface area contributed by atoms with E-state index in [0.717, 1.165) is 0 Å². The van der Waals surface area contributed by atoms with E-state index in [-0.39, 0.29) is 11.0 Å². The number of aryl methyl sites for hydroxylation is 1. The summed E-state index contributed by atoms with van der Waals surface area (Å²) in [7, 11) is 0. The highest BCUT2D eigenvalue weighted by Gasteiger charge is 2.36. The van der Waals surface area contributed by atoms with Crippen LogP contribution in [0.1, 0.15) is 11.5 Å². The Labute approximate surface area is 115 Å². The predicted molar refractivity (Wildman–Crippen MR) is 67.6 cm³/mol. The van der Waals surface area contributed by atoms with Crippen LogP contribution in [-0.2, 0) is 6.18 Å². The van der Waals surface area contributed by atoms with Crippen molar-refractivity contribution in [1.29, 1.82) is 0 Å². The van der Waals surface area contributed by atoms with Gasteiger partial charge in [-0.1, -0.05) is 0 Å². The van der Waals surface area contributed by atoms with Crippen LogP contribution in [0.4, 0.5) is 13.2 Å². The van der Waals surface area contributed by atoms with Crippen LogP contribution < -0.4 is 5.56 Å². The van der Waals surface area contributed by atoms with Gasteiger partial charge in [-0.05, 0) is 25.1 Å². The predicted octanol–water partition coefficient (Wildman–Crippen LogP) is 2.91. The molecule has 5 nitrogen and oxygen atoms in total. The molecule has 0 fully saturated rings. The van der Waals surface area contributed by atoms with Gasteiger partial charge in [-0.15, -0.1) is 0 Å². The maximum atomic E-state index is 12.6. The molecule has 3 rings (SSSR count). The van der Waals surface area contributed by atoms with E-state index < -0.39 is 17.4 Å². The van der Waals surface area contributed by atoms with E-state index in [4.69, 9.17) is 4.42 Å². The van der Waals surface area contributed by atoms with Crippen LogP contribution in [0, 0.1) is 6.92 Å². The van der Waals surface area contributed by atoms with Crippen molar-refractivity contribution < 1.29 is 17.6 Å². The molecule has 108 valence electrons. The fourth-order valence-electron chi connectivity index (χ4n) is 1.90. The fourth-order valence-corrected chi connectivity index (χ4v) is 1.90. The molecule has 0 aliphatic heterocycles. The smallest absolute Gasteiger partial charge is 0.438 e. The minimum absolute atomic E-state index is 0.0361. The molecular weight excluding hydrogens is 287 g/mol. The highest BCUT2D eigenvalue weighted by Crippen LogP contribution is 2.27. The molecule has 0 unspecified atom stereocenters. The zero-order valence-corrected chi connectivity index (χ0v) is 10.7. The first-order valence-electron chi connectivity index (χ1n) is 5.89. The summed E-state index contributed by atoms with van der Waals surface area (Å²) >= 11 is 0. The summed E-state index contributed by atoms with van der Waals surface area (Å²) in [6.45, 7) is 1.72. The van der Waals surface area contributed by atoms with E-state index in [1.165, 1.54) is 24.4 Å². The molecule has 0 radical (unpaired) electrons. The third kappa shape index (κ3) is 2.39. The van der Waals surface area contributed by atoms with Crippen molar-refractivity contribution in [2.24, 2.45) is 0 Å². The summed E-state index contributed by atoms with van der Waals surface area (Å²) < 4.78 is 43.2. The number of oxazole rings is 1. The molecule has 0 aliphatic rings. The van der Waals surface area contributed by atoms with Crippen LogP contribution in [0.25, 0.3) is 22.5 Å². The average Bonchev–Trinajstić information content (AvgIpc) is 2.82. The molecule has 0 atom stereocenters. The summed E-state index contributed by atoms with van der Waals surface area (Å²) in [4.78, 5) is 21.0. The maximum Gasteiger partial charge on any atom is 0.438 e. The number of fused-ring (bicyclic) bond motifs is 1. The van der Waals surface area contributed by atoms with Crippen LogP contribution in [0.15, 0.2) is 33.6 Å². The lowest BCUT2D eigenvalue weighted by Crippen LogP contribution is -2.23. The van der Waals surface area contributed by atoms with Crippen molar-refractivity contribution in [2.75, 3.05) is 0 Å². The van der Waals surface area contributed by atoms with Gasteiger partial charge in [0, 0.05) is 5.56 Å². The molecule has 0 saturated heterocycles. The summed E-state index contributed by atoms with van der Waals surface area (Å²) in [5, 5.41) is 0. The molecule has 1 aromatic carbocycles. The molecule has 3 aromatic rings. The number of rotatable bonds is 1. The van der Waals surface area contributed by atoms with Crippen molar-refractivity contribution in [3.63, 3.8) is 0 Å². The minimum Gasteiger partial charge on any atom is -0.441 e. The minimum atomic E-state index is -4.79. The van der Waals surface area contributed by atoms with Gasteiger partial charge in [0.25, 0.3) is 5.56 Å². The molecule has 21 heavy (non-hydrogen) atoms. The number of hydrogen-bond donors (Lipinski definition) is 1. The van der Waals surface area contributed by atoms with E-state index in [1.807, 2.05) is 0 Å². The van der Waals surface area contributed by atoms with Crippen LogP contribution in [-0.4, -0.2) is 15.0 Å². The number of H-pyrrole nitrogens is 1. The lowest BCUT2D eigenvalue weighted by atomic mass is 10.2. The second-order valence-corrected chi connectivity index (χ2v) is 4.42. The molecular formula is C13H8F3N3O2. The Bertz CT molecular complexity index is 880. The molecule has 0 spiro atoms. The van der Waals surface area contributed by atoms with Gasteiger partial charge in [0.1, 0.15) is 5.76 Å². The van der Waals surface area contributed by atoms with Crippen molar-refractivity contribution >= 4 is 11.0 Å². The topological polar surface area (TPSA) is 71.8 Å². The maximum absolute atomic E-state index is 12.6. The Morgan fingerprint density at radius 2 is 2.05 bits per heavy atom.